The van der Waals surface area contributed by atoms with E-state index in [1.807, 2.05) is 25.1 Å². The SMILES string of the molecule is Cc1nc2cccc(Cl)c2n1-c1cccc2ccccc12. The Hall–Kier alpha value is -2.32. The monoisotopic (exact) mass is 292 g/mol. The molecular weight excluding hydrogens is 280 g/mol. The van der Waals surface area contributed by atoms with Crippen LogP contribution in [0.4, 0.5) is 0 Å². The van der Waals surface area contributed by atoms with Crippen LogP contribution in [-0.2, 0) is 0 Å². The fourth-order valence-electron chi connectivity index (χ4n) is 2.90. The number of halogens is 1. The van der Waals surface area contributed by atoms with Gasteiger partial charge in [-0.3, -0.25) is 4.57 Å². The Labute approximate surface area is 127 Å². The molecule has 3 heteroatoms. The molecule has 4 rings (SSSR count). The van der Waals surface area contributed by atoms with Gasteiger partial charge in [-0.15, -0.1) is 0 Å². The van der Waals surface area contributed by atoms with Gasteiger partial charge in [-0.2, -0.15) is 0 Å². The van der Waals surface area contributed by atoms with Crippen LogP contribution in [0.1, 0.15) is 5.82 Å². The van der Waals surface area contributed by atoms with E-state index >= 15 is 0 Å². The molecule has 0 unspecified atom stereocenters. The fraction of sp³-hybridized carbons (Fsp3) is 0.0556. The van der Waals surface area contributed by atoms with Gasteiger partial charge in [0.2, 0.25) is 0 Å². The van der Waals surface area contributed by atoms with E-state index in [0.717, 1.165) is 27.6 Å². The summed E-state index contributed by atoms with van der Waals surface area (Å²) < 4.78 is 2.14. The number of hydrogen-bond donors (Lipinski definition) is 0. The number of imidazole rings is 1. The fourth-order valence-corrected chi connectivity index (χ4v) is 3.15. The van der Waals surface area contributed by atoms with Gasteiger partial charge in [-0.1, -0.05) is 54.1 Å². The van der Waals surface area contributed by atoms with Crippen LogP contribution in [0.5, 0.6) is 0 Å². The van der Waals surface area contributed by atoms with E-state index in [1.165, 1.54) is 10.8 Å². The van der Waals surface area contributed by atoms with Gasteiger partial charge < -0.3 is 0 Å². The van der Waals surface area contributed by atoms with E-state index in [2.05, 4.69) is 52.0 Å². The first-order valence-electron chi connectivity index (χ1n) is 6.87. The maximum atomic E-state index is 6.42. The number of aromatic nitrogens is 2. The van der Waals surface area contributed by atoms with E-state index in [0.29, 0.717) is 0 Å². The molecule has 0 radical (unpaired) electrons. The molecule has 0 spiro atoms. The van der Waals surface area contributed by atoms with Gasteiger partial charge in [-0.05, 0) is 30.5 Å². The smallest absolute Gasteiger partial charge is 0.111 e. The van der Waals surface area contributed by atoms with Crippen molar-refractivity contribution in [2.45, 2.75) is 6.92 Å². The van der Waals surface area contributed by atoms with E-state index in [4.69, 9.17) is 11.6 Å². The quantitative estimate of drug-likeness (QED) is 0.475. The molecule has 0 fully saturated rings. The van der Waals surface area contributed by atoms with Crippen molar-refractivity contribution < 1.29 is 0 Å². The maximum absolute atomic E-state index is 6.42. The Bertz CT molecular complexity index is 964. The van der Waals surface area contributed by atoms with E-state index in [9.17, 15) is 0 Å². The number of para-hydroxylation sites is 1. The number of nitrogens with zero attached hydrogens (tertiary/aromatic N) is 2. The van der Waals surface area contributed by atoms with Crippen molar-refractivity contribution in [3.8, 4) is 5.69 Å². The topological polar surface area (TPSA) is 17.8 Å². The summed E-state index contributed by atoms with van der Waals surface area (Å²) in [6, 6.07) is 20.5. The van der Waals surface area contributed by atoms with Crippen LogP contribution in [-0.4, -0.2) is 9.55 Å². The molecule has 0 aliphatic carbocycles. The van der Waals surface area contributed by atoms with Gasteiger partial charge in [-0.25, -0.2) is 4.98 Å². The predicted molar refractivity (Wildman–Crippen MR) is 88.3 cm³/mol. The second kappa shape index (κ2) is 4.61. The van der Waals surface area contributed by atoms with Gasteiger partial charge in [0.1, 0.15) is 5.82 Å². The maximum Gasteiger partial charge on any atom is 0.111 e. The molecule has 21 heavy (non-hydrogen) atoms. The highest BCUT2D eigenvalue weighted by Crippen LogP contribution is 2.31. The van der Waals surface area contributed by atoms with Gasteiger partial charge in [0, 0.05) is 5.39 Å². The first kappa shape index (κ1) is 12.4. The third kappa shape index (κ3) is 1.83. The molecule has 0 N–H and O–H groups in total. The van der Waals surface area contributed by atoms with Crippen molar-refractivity contribution in [1.82, 2.24) is 9.55 Å². The molecule has 1 heterocycles. The summed E-state index contributed by atoms with van der Waals surface area (Å²) >= 11 is 6.42. The average Bonchev–Trinajstić information content (AvgIpc) is 2.84. The van der Waals surface area contributed by atoms with Gasteiger partial charge >= 0.3 is 0 Å². The number of aryl methyl sites for hydroxylation is 1. The lowest BCUT2D eigenvalue weighted by Gasteiger charge is -2.11. The number of benzene rings is 3. The molecule has 1 aromatic heterocycles. The van der Waals surface area contributed by atoms with Crippen LogP contribution in [0.2, 0.25) is 5.02 Å². The zero-order chi connectivity index (χ0) is 14.4. The van der Waals surface area contributed by atoms with Crippen LogP contribution in [0.3, 0.4) is 0 Å². The first-order valence-corrected chi connectivity index (χ1v) is 7.25. The molecule has 0 amide bonds. The number of rotatable bonds is 1. The highest BCUT2D eigenvalue weighted by atomic mass is 35.5. The van der Waals surface area contributed by atoms with Gasteiger partial charge in [0.25, 0.3) is 0 Å². The Morgan fingerprint density at radius 3 is 2.57 bits per heavy atom. The lowest BCUT2D eigenvalue weighted by Crippen LogP contribution is -1.98. The highest BCUT2D eigenvalue weighted by Gasteiger charge is 2.13. The molecule has 0 bridgehead atoms. The normalized spacial score (nSPS) is 11.3. The molecule has 0 aliphatic heterocycles. The van der Waals surface area contributed by atoms with Crippen molar-refractivity contribution in [3.05, 3.63) is 71.5 Å². The lowest BCUT2D eigenvalue weighted by molar-refractivity contribution is 1.01. The number of hydrogen-bond acceptors (Lipinski definition) is 1. The third-order valence-electron chi connectivity index (χ3n) is 3.80. The molecular formula is C18H13ClN2. The summed E-state index contributed by atoms with van der Waals surface area (Å²) in [5.41, 5.74) is 3.00. The molecule has 0 atom stereocenters. The van der Waals surface area contributed by atoms with Crippen molar-refractivity contribution in [2.24, 2.45) is 0 Å². The predicted octanol–water partition coefficient (Wildman–Crippen LogP) is 5.14. The average molecular weight is 293 g/mol. The highest BCUT2D eigenvalue weighted by molar-refractivity contribution is 6.35. The minimum atomic E-state index is 0.723. The Kier molecular flexibility index (Phi) is 2.72. The molecule has 0 saturated heterocycles. The summed E-state index contributed by atoms with van der Waals surface area (Å²) in [7, 11) is 0. The van der Waals surface area contributed by atoms with Crippen LogP contribution < -0.4 is 0 Å². The molecule has 0 saturated carbocycles. The summed E-state index contributed by atoms with van der Waals surface area (Å²) in [5.74, 6) is 0.939. The van der Waals surface area contributed by atoms with Crippen molar-refractivity contribution in [2.75, 3.05) is 0 Å². The largest absolute Gasteiger partial charge is 0.294 e. The van der Waals surface area contributed by atoms with Crippen LogP contribution in [0.15, 0.2) is 60.7 Å². The minimum Gasteiger partial charge on any atom is -0.294 e. The van der Waals surface area contributed by atoms with Gasteiger partial charge in [0.05, 0.1) is 21.7 Å². The van der Waals surface area contributed by atoms with Crippen LogP contribution >= 0.6 is 11.6 Å². The summed E-state index contributed by atoms with van der Waals surface area (Å²) in [6.45, 7) is 2.01. The molecule has 3 aromatic carbocycles. The van der Waals surface area contributed by atoms with Crippen LogP contribution in [0.25, 0.3) is 27.5 Å². The Balaban J connectivity index is 2.17. The molecule has 102 valence electrons. The summed E-state index contributed by atoms with van der Waals surface area (Å²) in [5, 5.41) is 3.13. The molecule has 0 aliphatic rings. The van der Waals surface area contributed by atoms with Crippen molar-refractivity contribution in [3.63, 3.8) is 0 Å². The van der Waals surface area contributed by atoms with Crippen LogP contribution in [0, 0.1) is 6.92 Å². The summed E-state index contributed by atoms with van der Waals surface area (Å²) in [6.07, 6.45) is 0. The van der Waals surface area contributed by atoms with Crippen molar-refractivity contribution in [1.29, 1.82) is 0 Å². The minimum absolute atomic E-state index is 0.723. The molecule has 4 aromatic rings. The Morgan fingerprint density at radius 1 is 0.905 bits per heavy atom. The molecule has 2 nitrogen and oxygen atoms in total. The second-order valence-electron chi connectivity index (χ2n) is 5.10. The lowest BCUT2D eigenvalue weighted by atomic mass is 10.1. The van der Waals surface area contributed by atoms with E-state index < -0.39 is 0 Å². The van der Waals surface area contributed by atoms with E-state index in [-0.39, 0.29) is 0 Å². The standard InChI is InChI=1S/C18H13ClN2/c1-12-20-16-10-5-9-15(19)18(16)21(12)17-11-4-7-13-6-2-3-8-14(13)17/h2-11H,1H3. The second-order valence-corrected chi connectivity index (χ2v) is 5.51. The van der Waals surface area contributed by atoms with E-state index in [1.54, 1.807) is 0 Å². The summed E-state index contributed by atoms with van der Waals surface area (Å²) in [4.78, 5) is 4.64. The zero-order valence-corrected chi connectivity index (χ0v) is 12.3. The third-order valence-corrected chi connectivity index (χ3v) is 4.11. The number of fused-ring (bicyclic) bond motifs is 2. The first-order chi connectivity index (χ1) is 10.3. The van der Waals surface area contributed by atoms with Crippen molar-refractivity contribution >= 4 is 33.4 Å². The van der Waals surface area contributed by atoms with Gasteiger partial charge in [0.15, 0.2) is 0 Å². The Morgan fingerprint density at radius 2 is 1.67 bits per heavy atom. The zero-order valence-electron chi connectivity index (χ0n) is 11.5.